The van der Waals surface area contributed by atoms with Crippen molar-refractivity contribution in [2.45, 2.75) is 52.0 Å². The first-order valence-corrected chi connectivity index (χ1v) is 11.6. The minimum Gasteiger partial charge on any atom is -0.482 e. The van der Waals surface area contributed by atoms with Gasteiger partial charge in [0.15, 0.2) is 12.4 Å². The molecule has 2 aromatic carbocycles. The Bertz CT molecular complexity index is 1060. The zero-order valence-corrected chi connectivity index (χ0v) is 19.7. The Kier molecular flexibility index (Phi) is 8.84. The van der Waals surface area contributed by atoms with Crippen molar-refractivity contribution >= 4 is 29.1 Å². The zero-order chi connectivity index (χ0) is 25.5. The van der Waals surface area contributed by atoms with E-state index >= 15 is 4.39 Å². The molecule has 0 saturated heterocycles. The summed E-state index contributed by atoms with van der Waals surface area (Å²) in [7, 11) is 0. The molecule has 1 aliphatic rings. The minimum absolute atomic E-state index is 0.0333. The molecule has 0 radical (unpaired) electrons. The van der Waals surface area contributed by atoms with Crippen molar-refractivity contribution in [3.63, 3.8) is 0 Å². The summed E-state index contributed by atoms with van der Waals surface area (Å²) in [4.78, 5) is 25.6. The number of nitrogens with zero attached hydrogens (tertiary/aromatic N) is 1. The lowest BCUT2D eigenvalue weighted by molar-refractivity contribution is -0.139. The van der Waals surface area contributed by atoms with E-state index in [-0.39, 0.29) is 34.8 Å². The van der Waals surface area contributed by atoms with Crippen LogP contribution in [0.1, 0.15) is 46.0 Å². The van der Waals surface area contributed by atoms with Gasteiger partial charge in [-0.1, -0.05) is 33.1 Å². The van der Waals surface area contributed by atoms with E-state index in [1.165, 1.54) is 6.07 Å². The second-order valence-corrected chi connectivity index (χ2v) is 9.03. The molecule has 1 fully saturated rings. The predicted octanol–water partition coefficient (Wildman–Crippen LogP) is 6.01. The highest BCUT2D eigenvalue weighted by atomic mass is 19.1. The van der Waals surface area contributed by atoms with E-state index in [0.29, 0.717) is 6.54 Å². The summed E-state index contributed by atoms with van der Waals surface area (Å²) in [6.45, 7) is 3.83. The number of anilines is 3. The molecule has 0 aliphatic heterocycles. The maximum atomic E-state index is 15.5. The van der Waals surface area contributed by atoms with Crippen LogP contribution in [0.15, 0.2) is 30.3 Å². The number of amides is 2. The van der Waals surface area contributed by atoms with E-state index < -0.39 is 36.1 Å². The standard InChI is InChI=1S/C25H30F3N3O4/c1-15(2)13-31(17-6-4-3-5-7-17)24-20(28)11-18(35-14-23(32)33)12-22(24)30-25(34)29-21-10-16(26)8-9-19(21)27/h8-12,15,17H,3-7,13-14H2,1-2H3,(H,32,33)(H2,29,30,34). The molecule has 35 heavy (non-hydrogen) atoms. The van der Waals surface area contributed by atoms with Gasteiger partial charge in [0.2, 0.25) is 0 Å². The first-order chi connectivity index (χ1) is 16.6. The number of halogens is 3. The number of carboxylic acid groups (broad SMARTS) is 1. The molecule has 0 heterocycles. The topological polar surface area (TPSA) is 90.9 Å². The predicted molar refractivity (Wildman–Crippen MR) is 128 cm³/mol. The van der Waals surface area contributed by atoms with Gasteiger partial charge in [0.1, 0.15) is 17.4 Å². The van der Waals surface area contributed by atoms with Crippen LogP contribution in [0.3, 0.4) is 0 Å². The van der Waals surface area contributed by atoms with Gasteiger partial charge in [-0.3, -0.25) is 0 Å². The Morgan fingerprint density at radius 1 is 1.03 bits per heavy atom. The number of ether oxygens (including phenoxy) is 1. The van der Waals surface area contributed by atoms with Crippen LogP contribution in [0.5, 0.6) is 5.75 Å². The largest absolute Gasteiger partial charge is 0.482 e. The fourth-order valence-corrected chi connectivity index (χ4v) is 4.27. The van der Waals surface area contributed by atoms with Crippen LogP contribution in [0.25, 0.3) is 0 Å². The number of nitrogens with one attached hydrogen (secondary N) is 2. The fraction of sp³-hybridized carbons (Fsp3) is 0.440. The summed E-state index contributed by atoms with van der Waals surface area (Å²) in [5, 5.41) is 13.7. The molecular weight excluding hydrogens is 463 g/mol. The first kappa shape index (κ1) is 26.2. The van der Waals surface area contributed by atoms with Gasteiger partial charge in [-0.25, -0.2) is 22.8 Å². The van der Waals surface area contributed by atoms with E-state index in [1.807, 2.05) is 18.7 Å². The molecule has 1 aliphatic carbocycles. The van der Waals surface area contributed by atoms with Gasteiger partial charge in [0.25, 0.3) is 0 Å². The third-order valence-electron chi connectivity index (χ3n) is 5.69. The quantitative estimate of drug-likeness (QED) is 0.398. The van der Waals surface area contributed by atoms with Crippen LogP contribution in [-0.4, -0.2) is 36.3 Å². The van der Waals surface area contributed by atoms with Crippen LogP contribution in [0, 0.1) is 23.4 Å². The SMILES string of the molecule is CC(C)CN(c1c(F)cc(OCC(=O)O)cc1NC(=O)Nc1cc(F)ccc1F)C1CCCCC1. The average Bonchev–Trinajstić information content (AvgIpc) is 2.79. The number of benzene rings is 2. The maximum Gasteiger partial charge on any atom is 0.341 e. The van der Waals surface area contributed by atoms with E-state index in [1.54, 1.807) is 0 Å². The molecule has 1 saturated carbocycles. The van der Waals surface area contributed by atoms with E-state index in [0.717, 1.165) is 56.4 Å². The number of rotatable bonds is 9. The van der Waals surface area contributed by atoms with Crippen molar-refractivity contribution in [1.29, 1.82) is 0 Å². The van der Waals surface area contributed by atoms with E-state index in [2.05, 4.69) is 10.6 Å². The van der Waals surface area contributed by atoms with Crippen molar-refractivity contribution in [2.75, 3.05) is 28.7 Å². The summed E-state index contributed by atoms with van der Waals surface area (Å²) >= 11 is 0. The molecular formula is C25H30F3N3O4. The highest BCUT2D eigenvalue weighted by molar-refractivity contribution is 6.02. The monoisotopic (exact) mass is 493 g/mol. The van der Waals surface area contributed by atoms with Crippen molar-refractivity contribution in [3.8, 4) is 5.75 Å². The van der Waals surface area contributed by atoms with Crippen molar-refractivity contribution < 1.29 is 32.6 Å². The van der Waals surface area contributed by atoms with Gasteiger partial charge in [-0.2, -0.15) is 0 Å². The van der Waals surface area contributed by atoms with Gasteiger partial charge in [-0.05, 0) is 30.9 Å². The molecule has 7 nitrogen and oxygen atoms in total. The molecule has 3 N–H and O–H groups in total. The first-order valence-electron chi connectivity index (χ1n) is 11.6. The van der Waals surface area contributed by atoms with Crippen LogP contribution in [0.2, 0.25) is 0 Å². The average molecular weight is 494 g/mol. The Hall–Kier alpha value is -3.43. The van der Waals surface area contributed by atoms with Crippen LogP contribution in [0.4, 0.5) is 35.0 Å². The van der Waals surface area contributed by atoms with Gasteiger partial charge in [-0.15, -0.1) is 0 Å². The Morgan fingerprint density at radius 3 is 2.37 bits per heavy atom. The van der Waals surface area contributed by atoms with Gasteiger partial charge in [0, 0.05) is 30.8 Å². The van der Waals surface area contributed by atoms with E-state index in [4.69, 9.17) is 9.84 Å². The number of hydrogen-bond donors (Lipinski definition) is 3. The number of carbonyl (C=O) groups excluding carboxylic acids is 1. The molecule has 10 heteroatoms. The highest BCUT2D eigenvalue weighted by Gasteiger charge is 2.28. The van der Waals surface area contributed by atoms with Crippen LogP contribution < -0.4 is 20.3 Å². The molecule has 0 spiro atoms. The van der Waals surface area contributed by atoms with Crippen molar-refractivity contribution in [1.82, 2.24) is 0 Å². The van der Waals surface area contributed by atoms with Gasteiger partial charge < -0.3 is 25.4 Å². The Morgan fingerprint density at radius 2 is 1.71 bits per heavy atom. The van der Waals surface area contributed by atoms with Crippen LogP contribution in [-0.2, 0) is 4.79 Å². The lowest BCUT2D eigenvalue weighted by Gasteiger charge is -2.38. The molecule has 0 unspecified atom stereocenters. The third kappa shape index (κ3) is 7.27. The van der Waals surface area contributed by atoms with Crippen LogP contribution >= 0.6 is 0 Å². The number of carbonyl (C=O) groups is 2. The van der Waals surface area contributed by atoms with E-state index in [9.17, 15) is 18.4 Å². The number of hydrogen-bond acceptors (Lipinski definition) is 4. The normalized spacial score (nSPS) is 14.0. The molecule has 2 amide bonds. The molecule has 2 aromatic rings. The second-order valence-electron chi connectivity index (χ2n) is 9.03. The maximum absolute atomic E-state index is 15.5. The Balaban J connectivity index is 1.98. The Labute approximate surface area is 202 Å². The summed E-state index contributed by atoms with van der Waals surface area (Å²) in [5.41, 5.74) is -0.205. The zero-order valence-electron chi connectivity index (χ0n) is 19.7. The number of urea groups is 1. The molecule has 3 rings (SSSR count). The summed E-state index contributed by atoms with van der Waals surface area (Å²) < 4.78 is 48.2. The highest BCUT2D eigenvalue weighted by Crippen LogP contribution is 2.38. The minimum atomic E-state index is -1.24. The van der Waals surface area contributed by atoms with Gasteiger partial charge in [0.05, 0.1) is 17.1 Å². The smallest absolute Gasteiger partial charge is 0.341 e. The molecule has 0 atom stereocenters. The third-order valence-corrected chi connectivity index (χ3v) is 5.69. The number of carboxylic acids is 1. The number of aliphatic carboxylic acids is 1. The summed E-state index contributed by atoms with van der Waals surface area (Å²) in [6.07, 6.45) is 4.84. The van der Waals surface area contributed by atoms with Crippen molar-refractivity contribution in [3.05, 3.63) is 47.8 Å². The molecule has 0 bridgehead atoms. The summed E-state index contributed by atoms with van der Waals surface area (Å²) in [5.74, 6) is -3.41. The summed E-state index contributed by atoms with van der Waals surface area (Å²) in [6, 6.07) is 4.18. The molecule has 190 valence electrons. The molecule has 0 aromatic heterocycles. The van der Waals surface area contributed by atoms with Gasteiger partial charge >= 0.3 is 12.0 Å². The van der Waals surface area contributed by atoms with Crippen molar-refractivity contribution in [2.24, 2.45) is 5.92 Å². The lowest BCUT2D eigenvalue weighted by Crippen LogP contribution is -2.40. The lowest BCUT2D eigenvalue weighted by atomic mass is 9.93. The second kappa shape index (κ2) is 11.8. The fourth-order valence-electron chi connectivity index (χ4n) is 4.27.